The van der Waals surface area contributed by atoms with Gasteiger partial charge in [0, 0.05) is 6.54 Å². The molecule has 6 nitrogen and oxygen atoms in total. The molecule has 1 heterocycles. The Bertz CT molecular complexity index is 805. The molecule has 0 radical (unpaired) electrons. The Balaban J connectivity index is 2.34. The minimum Gasteiger partial charge on any atom is -0.444 e. The van der Waals surface area contributed by atoms with E-state index in [1.807, 2.05) is 27.7 Å². The summed E-state index contributed by atoms with van der Waals surface area (Å²) in [6, 6.07) is 3.02. The van der Waals surface area contributed by atoms with Gasteiger partial charge in [-0.3, -0.25) is 0 Å². The molecular formula is C20H29BClFN2O4. The highest BCUT2D eigenvalue weighted by Crippen LogP contribution is 2.39. The van der Waals surface area contributed by atoms with Gasteiger partial charge in [0.2, 0.25) is 0 Å². The zero-order chi connectivity index (χ0) is 22.2. The van der Waals surface area contributed by atoms with E-state index in [0.29, 0.717) is 11.0 Å². The van der Waals surface area contributed by atoms with Crippen LogP contribution in [0.2, 0.25) is 5.02 Å². The molecule has 0 saturated carbocycles. The highest BCUT2D eigenvalue weighted by atomic mass is 35.5. The maximum Gasteiger partial charge on any atom is 0.492 e. The van der Waals surface area contributed by atoms with Crippen LogP contribution in [0.3, 0.4) is 0 Å². The topological polar surface area (TPSA) is 82.8 Å². The lowest BCUT2D eigenvalue weighted by Crippen LogP contribution is -2.41. The van der Waals surface area contributed by atoms with Gasteiger partial charge in [-0.2, -0.15) is 0 Å². The first-order valence-corrected chi connectivity index (χ1v) is 9.77. The molecule has 0 spiro atoms. The van der Waals surface area contributed by atoms with Crippen LogP contribution in [0.5, 0.6) is 0 Å². The predicted octanol–water partition coefficient (Wildman–Crippen LogP) is 4.60. The molecule has 0 bridgehead atoms. The second kappa shape index (κ2) is 8.16. The smallest absolute Gasteiger partial charge is 0.444 e. The lowest BCUT2D eigenvalue weighted by molar-refractivity contribution is 0.00578. The first-order valence-electron chi connectivity index (χ1n) is 9.39. The fraction of sp³-hybridized carbons (Fsp3) is 0.550. The van der Waals surface area contributed by atoms with E-state index in [0.717, 1.165) is 0 Å². The number of ether oxygens (including phenoxy) is 1. The van der Waals surface area contributed by atoms with Gasteiger partial charge in [0.15, 0.2) is 5.82 Å². The van der Waals surface area contributed by atoms with E-state index in [1.165, 1.54) is 6.07 Å². The average Bonchev–Trinajstić information content (AvgIpc) is 2.77. The number of amides is 1. The lowest BCUT2D eigenvalue weighted by atomic mass is 9.77. The SMILES string of the molecule is CC(C)(C)OC(=O)NCC(=Cc1ccc(N)c(F)c1Cl)B1OC(C)(C)C(C)(C)O1. The molecular weight excluding hydrogens is 397 g/mol. The van der Waals surface area contributed by atoms with Crippen LogP contribution in [0.25, 0.3) is 6.08 Å². The molecule has 0 unspecified atom stereocenters. The van der Waals surface area contributed by atoms with Crippen LogP contribution >= 0.6 is 11.6 Å². The second-order valence-electron chi connectivity index (χ2n) is 9.03. The number of hydrogen-bond donors (Lipinski definition) is 2. The number of benzene rings is 1. The quantitative estimate of drug-likeness (QED) is 0.543. The number of carbonyl (C=O) groups excluding carboxylic acids is 1. The Morgan fingerprint density at radius 2 is 1.83 bits per heavy atom. The van der Waals surface area contributed by atoms with E-state index in [9.17, 15) is 9.18 Å². The Hall–Kier alpha value is -1.77. The summed E-state index contributed by atoms with van der Waals surface area (Å²) < 4.78 is 31.6. The fourth-order valence-electron chi connectivity index (χ4n) is 2.58. The molecule has 1 aliphatic heterocycles. The van der Waals surface area contributed by atoms with Crippen molar-refractivity contribution in [2.45, 2.75) is 65.3 Å². The van der Waals surface area contributed by atoms with E-state index in [4.69, 9.17) is 31.4 Å². The number of nitrogens with one attached hydrogen (secondary N) is 1. The number of nitrogens with two attached hydrogens (primary N) is 1. The van der Waals surface area contributed by atoms with Gasteiger partial charge >= 0.3 is 13.2 Å². The summed E-state index contributed by atoms with van der Waals surface area (Å²) in [7, 11) is -0.758. The molecule has 2 rings (SSSR count). The van der Waals surface area contributed by atoms with Crippen molar-refractivity contribution < 1.29 is 23.2 Å². The maximum atomic E-state index is 14.1. The van der Waals surface area contributed by atoms with Crippen LogP contribution in [-0.2, 0) is 14.0 Å². The molecule has 0 aromatic heterocycles. The van der Waals surface area contributed by atoms with Gasteiger partial charge in [0.25, 0.3) is 0 Å². The summed E-state index contributed by atoms with van der Waals surface area (Å²) in [5.74, 6) is -0.700. The van der Waals surface area contributed by atoms with E-state index in [-0.39, 0.29) is 17.3 Å². The Morgan fingerprint density at radius 1 is 1.28 bits per heavy atom. The average molecular weight is 427 g/mol. The highest BCUT2D eigenvalue weighted by molar-refractivity contribution is 6.56. The van der Waals surface area contributed by atoms with Crippen LogP contribution in [0.1, 0.15) is 54.0 Å². The summed E-state index contributed by atoms with van der Waals surface area (Å²) in [4.78, 5) is 12.1. The third-order valence-corrected chi connectivity index (χ3v) is 5.26. The van der Waals surface area contributed by atoms with Crippen LogP contribution < -0.4 is 11.1 Å². The molecule has 0 atom stereocenters. The van der Waals surface area contributed by atoms with Crippen molar-refractivity contribution in [3.05, 3.63) is 34.0 Å². The summed E-state index contributed by atoms with van der Waals surface area (Å²) in [6.07, 6.45) is 1.04. The summed E-state index contributed by atoms with van der Waals surface area (Å²) in [5, 5.41) is 2.57. The van der Waals surface area contributed by atoms with Gasteiger partial charge in [0.1, 0.15) is 5.60 Å². The second-order valence-corrected chi connectivity index (χ2v) is 9.41. The van der Waals surface area contributed by atoms with Gasteiger partial charge in [-0.25, -0.2) is 9.18 Å². The van der Waals surface area contributed by atoms with Gasteiger partial charge in [0.05, 0.1) is 21.9 Å². The van der Waals surface area contributed by atoms with E-state index < -0.39 is 35.8 Å². The van der Waals surface area contributed by atoms with Gasteiger partial charge < -0.3 is 25.1 Å². The van der Waals surface area contributed by atoms with E-state index >= 15 is 0 Å². The standard InChI is InChI=1S/C20H29BClFN2O4/c1-18(2,3)27-17(26)25-11-13(21-28-19(4,5)20(6,7)29-21)10-12-8-9-14(24)16(23)15(12)22/h8-10H,11,24H2,1-7H3,(H,25,26). The summed E-state index contributed by atoms with van der Waals surface area (Å²) in [5.41, 5.74) is 4.67. The molecule has 0 aliphatic carbocycles. The van der Waals surface area contributed by atoms with Crippen LogP contribution in [0.15, 0.2) is 17.6 Å². The van der Waals surface area contributed by atoms with Gasteiger partial charge in [-0.05, 0) is 65.6 Å². The van der Waals surface area contributed by atoms with Gasteiger partial charge in [-0.1, -0.05) is 23.7 Å². The highest BCUT2D eigenvalue weighted by Gasteiger charge is 2.52. The molecule has 3 N–H and O–H groups in total. The van der Waals surface area contributed by atoms with E-state index in [2.05, 4.69) is 5.32 Å². The van der Waals surface area contributed by atoms with Gasteiger partial charge in [-0.15, -0.1) is 0 Å². The van der Waals surface area contributed by atoms with Crippen molar-refractivity contribution >= 4 is 36.6 Å². The number of hydrogen-bond acceptors (Lipinski definition) is 5. The van der Waals surface area contributed by atoms with Crippen LogP contribution in [-0.4, -0.2) is 36.6 Å². The Kier molecular flexibility index (Phi) is 6.62. The molecule has 1 saturated heterocycles. The molecule has 1 aliphatic rings. The number of halogens is 2. The zero-order valence-corrected chi connectivity index (χ0v) is 18.7. The molecule has 1 fully saturated rings. The number of carbonyl (C=O) groups is 1. The lowest BCUT2D eigenvalue weighted by Gasteiger charge is -2.32. The first kappa shape index (κ1) is 23.5. The molecule has 160 valence electrons. The number of alkyl carbamates (subject to hydrolysis) is 1. The molecule has 1 amide bonds. The molecule has 1 aromatic carbocycles. The maximum absolute atomic E-state index is 14.1. The predicted molar refractivity (Wildman–Crippen MR) is 114 cm³/mol. The van der Waals surface area contributed by atoms with Crippen LogP contribution in [0.4, 0.5) is 14.9 Å². The molecule has 9 heteroatoms. The first-order chi connectivity index (χ1) is 13.1. The molecule has 29 heavy (non-hydrogen) atoms. The van der Waals surface area contributed by atoms with Crippen LogP contribution in [0, 0.1) is 5.82 Å². The monoisotopic (exact) mass is 426 g/mol. The van der Waals surface area contributed by atoms with Crippen molar-refractivity contribution in [2.24, 2.45) is 0 Å². The summed E-state index contributed by atoms with van der Waals surface area (Å²) >= 11 is 6.12. The third kappa shape index (κ3) is 5.65. The van der Waals surface area contributed by atoms with Crippen molar-refractivity contribution in [2.75, 3.05) is 12.3 Å². The fourth-order valence-corrected chi connectivity index (χ4v) is 2.80. The Labute approximate surface area is 177 Å². The largest absolute Gasteiger partial charge is 0.492 e. The number of anilines is 1. The van der Waals surface area contributed by atoms with Crippen molar-refractivity contribution in [3.8, 4) is 0 Å². The van der Waals surface area contributed by atoms with E-state index in [1.54, 1.807) is 32.9 Å². The number of rotatable bonds is 4. The minimum absolute atomic E-state index is 0.0452. The van der Waals surface area contributed by atoms with Crippen molar-refractivity contribution in [1.82, 2.24) is 5.32 Å². The number of nitrogen functional groups attached to an aromatic ring is 1. The molecule has 1 aromatic rings. The Morgan fingerprint density at radius 3 is 2.34 bits per heavy atom. The summed E-state index contributed by atoms with van der Waals surface area (Å²) in [6.45, 7) is 13.1. The van der Waals surface area contributed by atoms with Crippen molar-refractivity contribution in [3.63, 3.8) is 0 Å². The zero-order valence-electron chi connectivity index (χ0n) is 18.0. The minimum atomic E-state index is -0.758. The normalized spacial score (nSPS) is 18.7. The van der Waals surface area contributed by atoms with Crippen molar-refractivity contribution in [1.29, 1.82) is 0 Å². The third-order valence-electron chi connectivity index (χ3n) is 4.87.